The molecule has 0 aromatic heterocycles. The van der Waals surface area contributed by atoms with E-state index < -0.39 is 0 Å². The third-order valence-electron chi connectivity index (χ3n) is 1.24. The van der Waals surface area contributed by atoms with Crippen LogP contribution >= 0.6 is 8.69 Å². The minimum absolute atomic E-state index is 0.331. The van der Waals surface area contributed by atoms with Crippen molar-refractivity contribution < 1.29 is 9.09 Å². The van der Waals surface area contributed by atoms with Crippen molar-refractivity contribution in [2.75, 3.05) is 0 Å². The lowest BCUT2D eigenvalue weighted by Crippen LogP contribution is -1.75. The predicted octanol–water partition coefficient (Wildman–Crippen LogP) is 2.92. The quantitative estimate of drug-likeness (QED) is 0.645. The maximum absolute atomic E-state index is 10.0. The highest BCUT2D eigenvalue weighted by molar-refractivity contribution is 7.17. The summed E-state index contributed by atoms with van der Waals surface area (Å²) < 4.78 is 14.7. The number of hydrogen-bond donors (Lipinski definition) is 0. The fourth-order valence-electron chi connectivity index (χ4n) is 0.741. The number of benzene rings is 1. The SMILES string of the molecule is C=Cc1cccc(OP=O)c1. The van der Waals surface area contributed by atoms with Crippen LogP contribution in [0.5, 0.6) is 5.75 Å². The Kier molecular flexibility index (Phi) is 2.82. The molecular weight excluding hydrogens is 159 g/mol. The highest BCUT2D eigenvalue weighted by Crippen LogP contribution is 2.17. The molecule has 0 aliphatic carbocycles. The van der Waals surface area contributed by atoms with E-state index in [0.29, 0.717) is 5.75 Å². The van der Waals surface area contributed by atoms with Gasteiger partial charge in [-0.15, -0.1) is 0 Å². The maximum atomic E-state index is 10.0. The minimum atomic E-state index is -0.331. The molecule has 0 atom stereocenters. The van der Waals surface area contributed by atoms with E-state index in [1.807, 2.05) is 12.1 Å². The molecule has 0 heterocycles. The topological polar surface area (TPSA) is 26.3 Å². The Hall–Kier alpha value is -1.14. The molecule has 0 aliphatic rings. The van der Waals surface area contributed by atoms with E-state index in [1.165, 1.54) is 0 Å². The summed E-state index contributed by atoms with van der Waals surface area (Å²) in [4.78, 5) is 0. The second kappa shape index (κ2) is 3.89. The Morgan fingerprint density at radius 2 is 2.36 bits per heavy atom. The van der Waals surface area contributed by atoms with E-state index in [1.54, 1.807) is 18.2 Å². The van der Waals surface area contributed by atoms with E-state index in [2.05, 4.69) is 6.58 Å². The first-order valence-corrected chi connectivity index (χ1v) is 3.82. The van der Waals surface area contributed by atoms with Crippen molar-refractivity contribution in [2.24, 2.45) is 0 Å². The van der Waals surface area contributed by atoms with Crippen LogP contribution in [-0.2, 0) is 4.57 Å². The summed E-state index contributed by atoms with van der Waals surface area (Å²) in [5, 5.41) is 0. The molecule has 0 amide bonds. The van der Waals surface area contributed by atoms with E-state index in [9.17, 15) is 4.57 Å². The minimum Gasteiger partial charge on any atom is -0.408 e. The maximum Gasteiger partial charge on any atom is 0.395 e. The molecule has 56 valence electrons. The molecule has 1 rings (SSSR count). The van der Waals surface area contributed by atoms with Crippen LogP contribution in [0, 0.1) is 0 Å². The van der Waals surface area contributed by atoms with Crippen LogP contribution in [0.25, 0.3) is 6.08 Å². The summed E-state index contributed by atoms with van der Waals surface area (Å²) >= 11 is 0. The highest BCUT2D eigenvalue weighted by Gasteiger charge is 1.91. The van der Waals surface area contributed by atoms with E-state index >= 15 is 0 Å². The fourth-order valence-corrected chi connectivity index (χ4v) is 0.941. The van der Waals surface area contributed by atoms with Gasteiger partial charge in [-0.2, -0.15) is 0 Å². The lowest BCUT2D eigenvalue weighted by atomic mass is 10.2. The van der Waals surface area contributed by atoms with Crippen molar-refractivity contribution in [2.45, 2.75) is 0 Å². The summed E-state index contributed by atoms with van der Waals surface area (Å²) in [5.41, 5.74) is 0.950. The Morgan fingerprint density at radius 3 is 3.00 bits per heavy atom. The highest BCUT2D eigenvalue weighted by atomic mass is 31.1. The molecule has 0 saturated carbocycles. The zero-order chi connectivity index (χ0) is 8.10. The second-order valence-electron chi connectivity index (χ2n) is 1.94. The first-order valence-electron chi connectivity index (χ1n) is 3.09. The molecule has 0 spiro atoms. The van der Waals surface area contributed by atoms with Gasteiger partial charge in [-0.3, -0.25) is 0 Å². The van der Waals surface area contributed by atoms with Crippen LogP contribution in [0.15, 0.2) is 30.8 Å². The molecule has 11 heavy (non-hydrogen) atoms. The third kappa shape index (κ3) is 2.17. The van der Waals surface area contributed by atoms with Crippen molar-refractivity contribution in [3.8, 4) is 5.75 Å². The summed E-state index contributed by atoms with van der Waals surface area (Å²) in [6.07, 6.45) is 1.70. The first kappa shape index (κ1) is 7.96. The van der Waals surface area contributed by atoms with Gasteiger partial charge >= 0.3 is 8.69 Å². The molecule has 0 bridgehead atoms. The normalized spacial score (nSPS) is 9.45. The van der Waals surface area contributed by atoms with Gasteiger partial charge in [-0.05, 0) is 17.7 Å². The Morgan fingerprint density at radius 1 is 1.55 bits per heavy atom. The summed E-state index contributed by atoms with van der Waals surface area (Å²) in [6, 6.07) is 7.20. The van der Waals surface area contributed by atoms with E-state index in [4.69, 9.17) is 4.52 Å². The van der Waals surface area contributed by atoms with Crippen LogP contribution in [0.4, 0.5) is 0 Å². The van der Waals surface area contributed by atoms with Crippen LogP contribution in [0.3, 0.4) is 0 Å². The Balaban J connectivity index is 2.90. The van der Waals surface area contributed by atoms with Gasteiger partial charge in [0.15, 0.2) is 0 Å². The van der Waals surface area contributed by atoms with E-state index in [-0.39, 0.29) is 8.69 Å². The van der Waals surface area contributed by atoms with Crippen LogP contribution in [-0.4, -0.2) is 0 Å². The van der Waals surface area contributed by atoms with Gasteiger partial charge < -0.3 is 4.52 Å². The molecule has 0 fully saturated rings. The zero-order valence-electron chi connectivity index (χ0n) is 5.86. The van der Waals surface area contributed by atoms with Gasteiger partial charge in [0.25, 0.3) is 0 Å². The summed E-state index contributed by atoms with van der Waals surface area (Å²) in [7, 11) is -0.331. The number of rotatable bonds is 3. The van der Waals surface area contributed by atoms with Gasteiger partial charge in [0.2, 0.25) is 0 Å². The van der Waals surface area contributed by atoms with E-state index in [0.717, 1.165) is 5.56 Å². The van der Waals surface area contributed by atoms with Gasteiger partial charge in [0.05, 0.1) is 0 Å². The standard InChI is InChI=1S/C8H7O2P/c1-2-7-4-3-5-8(6-7)10-11-9/h2-6H,1H2. The molecule has 3 heteroatoms. The smallest absolute Gasteiger partial charge is 0.395 e. The predicted molar refractivity (Wildman–Crippen MR) is 44.8 cm³/mol. The van der Waals surface area contributed by atoms with Crippen molar-refractivity contribution in [3.63, 3.8) is 0 Å². The lowest BCUT2D eigenvalue weighted by molar-refractivity contribution is 0.525. The summed E-state index contributed by atoms with van der Waals surface area (Å²) in [6.45, 7) is 3.60. The molecule has 0 radical (unpaired) electrons. The Labute approximate surface area is 66.8 Å². The van der Waals surface area contributed by atoms with Crippen LogP contribution in [0.1, 0.15) is 5.56 Å². The van der Waals surface area contributed by atoms with Crippen molar-refractivity contribution in [1.29, 1.82) is 0 Å². The van der Waals surface area contributed by atoms with Gasteiger partial charge in [-0.25, -0.2) is 4.57 Å². The molecule has 1 aromatic carbocycles. The van der Waals surface area contributed by atoms with Crippen molar-refractivity contribution in [1.82, 2.24) is 0 Å². The van der Waals surface area contributed by atoms with Gasteiger partial charge in [0.1, 0.15) is 5.75 Å². The average molecular weight is 166 g/mol. The molecular formula is C8H7O2P. The fraction of sp³-hybridized carbons (Fsp3) is 0. The number of hydrogen-bond acceptors (Lipinski definition) is 2. The van der Waals surface area contributed by atoms with Crippen molar-refractivity contribution >= 4 is 14.8 Å². The van der Waals surface area contributed by atoms with Crippen molar-refractivity contribution in [3.05, 3.63) is 36.4 Å². The largest absolute Gasteiger partial charge is 0.408 e. The lowest BCUT2D eigenvalue weighted by Gasteiger charge is -1.96. The Bertz CT molecular complexity index is 271. The molecule has 0 N–H and O–H groups in total. The molecule has 2 nitrogen and oxygen atoms in total. The monoisotopic (exact) mass is 166 g/mol. The summed E-state index contributed by atoms with van der Waals surface area (Å²) in [5.74, 6) is 0.582. The third-order valence-corrected chi connectivity index (χ3v) is 1.52. The second-order valence-corrected chi connectivity index (χ2v) is 2.27. The zero-order valence-corrected chi connectivity index (χ0v) is 6.75. The van der Waals surface area contributed by atoms with Crippen LogP contribution < -0.4 is 4.52 Å². The van der Waals surface area contributed by atoms with Gasteiger partial charge in [-0.1, -0.05) is 24.8 Å². The van der Waals surface area contributed by atoms with Crippen LogP contribution in [0.2, 0.25) is 0 Å². The molecule has 0 unspecified atom stereocenters. The van der Waals surface area contributed by atoms with Gasteiger partial charge in [0, 0.05) is 0 Å². The molecule has 0 saturated heterocycles. The molecule has 1 aromatic rings. The first-order chi connectivity index (χ1) is 5.36. The average Bonchev–Trinajstić information content (AvgIpc) is 2.06. The molecule has 0 aliphatic heterocycles.